The molecule has 2 aliphatic rings. The summed E-state index contributed by atoms with van der Waals surface area (Å²) < 4.78 is 5.14. The molecule has 2 heterocycles. The van der Waals surface area contributed by atoms with Gasteiger partial charge in [0.25, 0.3) is 5.91 Å². The predicted octanol–water partition coefficient (Wildman–Crippen LogP) is 1.36. The Morgan fingerprint density at radius 1 is 1.31 bits per heavy atom. The minimum Gasteiger partial charge on any atom is -0.497 e. The summed E-state index contributed by atoms with van der Waals surface area (Å²) in [4.78, 5) is 27.9. The average Bonchev–Trinajstić information content (AvgIpc) is 3.09. The third kappa shape index (κ3) is 3.63. The summed E-state index contributed by atoms with van der Waals surface area (Å²) in [6.45, 7) is 2.68. The van der Waals surface area contributed by atoms with Crippen LogP contribution in [0.5, 0.6) is 5.75 Å². The number of amidine groups is 1. The number of hydrogen-bond acceptors (Lipinski definition) is 6. The molecular weight excluding hydrogens is 334 g/mol. The zero-order chi connectivity index (χ0) is 18.5. The van der Waals surface area contributed by atoms with E-state index in [-0.39, 0.29) is 11.8 Å². The van der Waals surface area contributed by atoms with E-state index in [0.29, 0.717) is 25.2 Å². The molecule has 2 amide bonds. The Morgan fingerprint density at radius 3 is 2.77 bits per heavy atom. The summed E-state index contributed by atoms with van der Waals surface area (Å²) in [5.74, 6) is 1.27. The van der Waals surface area contributed by atoms with Crippen LogP contribution in [-0.2, 0) is 9.59 Å². The molecule has 0 aliphatic carbocycles. The van der Waals surface area contributed by atoms with Gasteiger partial charge in [-0.25, -0.2) is 0 Å². The van der Waals surface area contributed by atoms with E-state index in [9.17, 15) is 9.59 Å². The minimum atomic E-state index is -0.587. The quantitative estimate of drug-likeness (QED) is 0.770. The van der Waals surface area contributed by atoms with Crippen molar-refractivity contribution >= 4 is 23.3 Å². The van der Waals surface area contributed by atoms with Gasteiger partial charge in [0.2, 0.25) is 12.1 Å². The number of rotatable bonds is 7. The van der Waals surface area contributed by atoms with Crippen molar-refractivity contribution < 1.29 is 14.3 Å². The summed E-state index contributed by atoms with van der Waals surface area (Å²) in [6.07, 6.45) is 4.64. The van der Waals surface area contributed by atoms with Crippen molar-refractivity contribution in [3.05, 3.63) is 36.7 Å². The van der Waals surface area contributed by atoms with Gasteiger partial charge in [0, 0.05) is 37.5 Å². The standard InChI is InChI=1S/C18H23N5O3/c1-3-10-19-16(24)9-8-15-20-21-17-18(25)22(11-12-23(15)17)13-4-6-14(26-2)7-5-13/h4-7,11-12,17,21H,3,8-10H2,1-2H3,(H,19,24). The molecule has 8 nitrogen and oxygen atoms in total. The van der Waals surface area contributed by atoms with Crippen molar-refractivity contribution in [2.45, 2.75) is 32.4 Å². The largest absolute Gasteiger partial charge is 0.497 e. The molecule has 0 radical (unpaired) electrons. The highest BCUT2D eigenvalue weighted by atomic mass is 16.5. The Labute approximate surface area is 152 Å². The van der Waals surface area contributed by atoms with Crippen LogP contribution in [0.3, 0.4) is 0 Å². The molecule has 0 aromatic heterocycles. The number of hydrazone groups is 1. The van der Waals surface area contributed by atoms with Crippen LogP contribution in [0.4, 0.5) is 5.69 Å². The molecule has 0 saturated heterocycles. The molecule has 8 heteroatoms. The number of methoxy groups -OCH3 is 1. The summed E-state index contributed by atoms with van der Waals surface area (Å²) >= 11 is 0. The van der Waals surface area contributed by atoms with Crippen LogP contribution in [0.25, 0.3) is 0 Å². The van der Waals surface area contributed by atoms with Gasteiger partial charge >= 0.3 is 0 Å². The van der Waals surface area contributed by atoms with Crippen LogP contribution >= 0.6 is 0 Å². The van der Waals surface area contributed by atoms with E-state index in [2.05, 4.69) is 15.8 Å². The highest BCUT2D eigenvalue weighted by Crippen LogP contribution is 2.25. The molecule has 1 atom stereocenters. The maximum absolute atomic E-state index is 12.8. The average molecular weight is 357 g/mol. The van der Waals surface area contributed by atoms with Crippen molar-refractivity contribution in [1.29, 1.82) is 0 Å². The maximum Gasteiger partial charge on any atom is 0.276 e. The van der Waals surface area contributed by atoms with Crippen molar-refractivity contribution in [3.63, 3.8) is 0 Å². The number of carbonyl (C=O) groups excluding carboxylic acids is 2. The minimum absolute atomic E-state index is 0.00910. The number of amides is 2. The second-order valence-electron chi connectivity index (χ2n) is 6.02. The molecule has 0 spiro atoms. The first-order chi connectivity index (χ1) is 12.6. The van der Waals surface area contributed by atoms with Crippen LogP contribution in [-0.4, -0.2) is 42.4 Å². The van der Waals surface area contributed by atoms with E-state index < -0.39 is 6.17 Å². The van der Waals surface area contributed by atoms with Crippen LogP contribution in [0.1, 0.15) is 26.2 Å². The van der Waals surface area contributed by atoms with Gasteiger partial charge in [0.15, 0.2) is 0 Å². The fourth-order valence-corrected chi connectivity index (χ4v) is 2.81. The van der Waals surface area contributed by atoms with Crippen molar-refractivity contribution in [2.24, 2.45) is 5.10 Å². The Hall–Kier alpha value is -3.03. The van der Waals surface area contributed by atoms with E-state index >= 15 is 0 Å². The molecule has 2 aliphatic heterocycles. The third-order valence-electron chi connectivity index (χ3n) is 4.24. The number of hydrogen-bond donors (Lipinski definition) is 2. The number of nitrogens with one attached hydrogen (secondary N) is 2. The SMILES string of the molecule is CCCNC(=O)CCC1=NNC2C(=O)N(c3ccc(OC)cc3)C=CN12. The highest BCUT2D eigenvalue weighted by molar-refractivity contribution is 6.04. The highest BCUT2D eigenvalue weighted by Gasteiger charge is 2.37. The predicted molar refractivity (Wildman–Crippen MR) is 98.4 cm³/mol. The maximum atomic E-state index is 12.8. The summed E-state index contributed by atoms with van der Waals surface area (Å²) in [5, 5.41) is 7.07. The molecule has 0 fully saturated rings. The molecule has 0 bridgehead atoms. The number of carbonyl (C=O) groups is 2. The number of anilines is 1. The Bertz CT molecular complexity index is 729. The van der Waals surface area contributed by atoms with Gasteiger partial charge in [-0.2, -0.15) is 5.10 Å². The van der Waals surface area contributed by atoms with Crippen molar-refractivity contribution in [3.8, 4) is 5.75 Å². The van der Waals surface area contributed by atoms with Crippen molar-refractivity contribution in [1.82, 2.24) is 15.6 Å². The van der Waals surface area contributed by atoms with Crippen molar-refractivity contribution in [2.75, 3.05) is 18.6 Å². The normalized spacial score (nSPS) is 18.3. The second-order valence-corrected chi connectivity index (χ2v) is 6.02. The lowest BCUT2D eigenvalue weighted by Gasteiger charge is -2.32. The molecule has 0 saturated carbocycles. The lowest BCUT2D eigenvalue weighted by Crippen LogP contribution is -2.52. The molecule has 26 heavy (non-hydrogen) atoms. The molecule has 3 rings (SSSR count). The summed E-state index contributed by atoms with van der Waals surface area (Å²) in [7, 11) is 1.60. The number of benzene rings is 1. The molecular formula is C18H23N5O3. The Balaban J connectivity index is 1.64. The van der Waals surface area contributed by atoms with Gasteiger partial charge in [0.05, 0.1) is 7.11 Å². The fraction of sp³-hybridized carbons (Fsp3) is 0.389. The Morgan fingerprint density at radius 2 is 2.08 bits per heavy atom. The second kappa shape index (κ2) is 7.90. The van der Waals surface area contributed by atoms with Crippen LogP contribution in [0.2, 0.25) is 0 Å². The first kappa shape index (κ1) is 17.8. The molecule has 1 unspecified atom stereocenters. The molecule has 2 N–H and O–H groups in total. The van der Waals surface area contributed by atoms with E-state index in [1.54, 1.807) is 29.3 Å². The topological polar surface area (TPSA) is 86.3 Å². The molecule has 1 aromatic carbocycles. The molecule has 138 valence electrons. The van der Waals surface area contributed by atoms with E-state index in [4.69, 9.17) is 4.74 Å². The van der Waals surface area contributed by atoms with Gasteiger partial charge in [-0.1, -0.05) is 6.92 Å². The van der Waals surface area contributed by atoms with Gasteiger partial charge in [-0.15, -0.1) is 0 Å². The molecule has 1 aromatic rings. The van der Waals surface area contributed by atoms with Gasteiger partial charge < -0.3 is 15.0 Å². The van der Waals surface area contributed by atoms with Gasteiger partial charge in [-0.05, 0) is 30.7 Å². The first-order valence-electron chi connectivity index (χ1n) is 8.66. The monoisotopic (exact) mass is 357 g/mol. The van der Waals surface area contributed by atoms with Crippen LogP contribution in [0, 0.1) is 0 Å². The van der Waals surface area contributed by atoms with E-state index in [1.807, 2.05) is 31.2 Å². The number of fused-ring (bicyclic) bond motifs is 1. The van der Waals surface area contributed by atoms with E-state index in [0.717, 1.165) is 17.9 Å². The van der Waals surface area contributed by atoms with E-state index in [1.165, 1.54) is 0 Å². The smallest absolute Gasteiger partial charge is 0.276 e. The Kier molecular flexibility index (Phi) is 5.40. The number of ether oxygens (including phenoxy) is 1. The third-order valence-corrected chi connectivity index (χ3v) is 4.24. The summed E-state index contributed by atoms with van der Waals surface area (Å²) in [5.41, 5.74) is 3.61. The fourth-order valence-electron chi connectivity index (χ4n) is 2.81. The van der Waals surface area contributed by atoms with Gasteiger partial charge in [-0.3, -0.25) is 19.9 Å². The lowest BCUT2D eigenvalue weighted by atomic mass is 10.2. The zero-order valence-corrected chi connectivity index (χ0v) is 14.9. The lowest BCUT2D eigenvalue weighted by molar-refractivity contribution is -0.122. The van der Waals surface area contributed by atoms with Crippen LogP contribution in [0.15, 0.2) is 41.8 Å². The zero-order valence-electron chi connectivity index (χ0n) is 14.9. The first-order valence-corrected chi connectivity index (χ1v) is 8.66. The van der Waals surface area contributed by atoms with Crippen LogP contribution < -0.4 is 20.4 Å². The summed E-state index contributed by atoms with van der Waals surface area (Å²) in [6, 6.07) is 7.26. The number of nitrogens with zero attached hydrogens (tertiary/aromatic N) is 3. The van der Waals surface area contributed by atoms with Gasteiger partial charge in [0.1, 0.15) is 11.6 Å².